The van der Waals surface area contributed by atoms with Crippen LogP contribution in [0.5, 0.6) is 0 Å². The Kier molecular flexibility index (Phi) is 5.13. The molecular weight excluding hydrogens is 231 g/mol. The molecule has 0 aliphatic rings. The van der Waals surface area contributed by atoms with Gasteiger partial charge in [-0.2, -0.15) is 0 Å². The van der Waals surface area contributed by atoms with Crippen LogP contribution in [0.3, 0.4) is 0 Å². The second-order valence-corrected chi connectivity index (χ2v) is 4.27. The van der Waals surface area contributed by atoms with Crippen LogP contribution >= 0.6 is 23.2 Å². The highest BCUT2D eigenvalue weighted by atomic mass is 35.5. The van der Waals surface area contributed by atoms with Crippen LogP contribution in [0.2, 0.25) is 10.0 Å². The van der Waals surface area contributed by atoms with Gasteiger partial charge in [-0.05, 0) is 18.6 Å². The quantitative estimate of drug-likeness (QED) is 0.540. The summed E-state index contributed by atoms with van der Waals surface area (Å²) >= 11 is 11.8. The van der Waals surface area contributed by atoms with Gasteiger partial charge in [0, 0.05) is 12.0 Å². The molecule has 0 amide bonds. The van der Waals surface area contributed by atoms with E-state index in [0.29, 0.717) is 22.0 Å². The monoisotopic (exact) mass is 244 g/mol. The van der Waals surface area contributed by atoms with Crippen molar-refractivity contribution in [3.05, 3.63) is 33.8 Å². The highest BCUT2D eigenvalue weighted by Crippen LogP contribution is 2.26. The molecule has 0 radical (unpaired) electrons. The van der Waals surface area contributed by atoms with Gasteiger partial charge >= 0.3 is 0 Å². The van der Waals surface area contributed by atoms with Gasteiger partial charge in [0.2, 0.25) is 0 Å². The van der Waals surface area contributed by atoms with E-state index in [1.54, 1.807) is 18.2 Å². The summed E-state index contributed by atoms with van der Waals surface area (Å²) in [5.41, 5.74) is 0.542. The molecule has 0 saturated heterocycles. The van der Waals surface area contributed by atoms with Gasteiger partial charge in [-0.3, -0.25) is 4.79 Å². The SMILES string of the molecule is CCCCCC(=O)c1cccc(Cl)c1Cl. The molecule has 0 spiro atoms. The van der Waals surface area contributed by atoms with E-state index in [9.17, 15) is 4.79 Å². The van der Waals surface area contributed by atoms with E-state index in [0.717, 1.165) is 19.3 Å². The standard InChI is InChI=1S/C12H14Cl2O/c1-2-3-4-8-11(15)9-6-5-7-10(13)12(9)14/h5-7H,2-4,8H2,1H3. The van der Waals surface area contributed by atoms with Gasteiger partial charge < -0.3 is 0 Å². The molecule has 1 aromatic carbocycles. The molecule has 0 bridgehead atoms. The summed E-state index contributed by atoms with van der Waals surface area (Å²) in [5, 5.41) is 0.818. The van der Waals surface area contributed by atoms with Gasteiger partial charge in [0.15, 0.2) is 5.78 Å². The maximum Gasteiger partial charge on any atom is 0.164 e. The molecule has 1 nitrogen and oxygen atoms in total. The second kappa shape index (κ2) is 6.14. The molecule has 3 heteroatoms. The molecule has 0 aliphatic heterocycles. The van der Waals surface area contributed by atoms with Crippen molar-refractivity contribution in [2.24, 2.45) is 0 Å². The van der Waals surface area contributed by atoms with Crippen LogP contribution in [0.1, 0.15) is 43.0 Å². The molecule has 0 aliphatic carbocycles. The van der Waals surface area contributed by atoms with Crippen LogP contribution in [0.4, 0.5) is 0 Å². The van der Waals surface area contributed by atoms with E-state index in [4.69, 9.17) is 23.2 Å². The number of rotatable bonds is 5. The number of carbonyl (C=O) groups is 1. The number of hydrogen-bond donors (Lipinski definition) is 0. The zero-order chi connectivity index (χ0) is 11.3. The Balaban J connectivity index is 2.69. The average Bonchev–Trinajstić information content (AvgIpc) is 2.22. The molecule has 82 valence electrons. The van der Waals surface area contributed by atoms with E-state index in [2.05, 4.69) is 6.92 Å². The number of hydrogen-bond acceptors (Lipinski definition) is 1. The number of ketones is 1. The molecule has 0 unspecified atom stereocenters. The molecule has 0 fully saturated rings. The van der Waals surface area contributed by atoms with Crippen molar-refractivity contribution in [1.29, 1.82) is 0 Å². The van der Waals surface area contributed by atoms with Crippen LogP contribution in [0, 0.1) is 0 Å². The molecule has 0 aromatic heterocycles. The molecular formula is C12H14Cl2O. The molecule has 1 aromatic rings. The predicted octanol–water partition coefficient (Wildman–Crippen LogP) is 4.76. The van der Waals surface area contributed by atoms with Crippen molar-refractivity contribution < 1.29 is 4.79 Å². The second-order valence-electron chi connectivity index (χ2n) is 3.48. The van der Waals surface area contributed by atoms with E-state index < -0.39 is 0 Å². The van der Waals surface area contributed by atoms with Gasteiger partial charge in [-0.1, -0.05) is 49.0 Å². The Bertz CT molecular complexity index is 347. The van der Waals surface area contributed by atoms with Gasteiger partial charge in [0.1, 0.15) is 0 Å². The van der Waals surface area contributed by atoms with Gasteiger partial charge in [-0.15, -0.1) is 0 Å². The summed E-state index contributed by atoms with van der Waals surface area (Å²) in [4.78, 5) is 11.7. The fourth-order valence-electron chi connectivity index (χ4n) is 1.39. The first kappa shape index (κ1) is 12.5. The smallest absolute Gasteiger partial charge is 0.164 e. The fraction of sp³-hybridized carbons (Fsp3) is 0.417. The van der Waals surface area contributed by atoms with Crippen molar-refractivity contribution in [1.82, 2.24) is 0 Å². The summed E-state index contributed by atoms with van der Waals surface area (Å²) in [6, 6.07) is 5.16. The van der Waals surface area contributed by atoms with Crippen LogP contribution in [0.15, 0.2) is 18.2 Å². The van der Waals surface area contributed by atoms with Crippen molar-refractivity contribution in [2.75, 3.05) is 0 Å². The Morgan fingerprint density at radius 1 is 1.27 bits per heavy atom. The van der Waals surface area contributed by atoms with Crippen molar-refractivity contribution in [2.45, 2.75) is 32.6 Å². The van der Waals surface area contributed by atoms with E-state index in [1.165, 1.54) is 0 Å². The summed E-state index contributed by atoms with van der Waals surface area (Å²) < 4.78 is 0. The minimum atomic E-state index is 0.0796. The number of carbonyl (C=O) groups excluding carboxylic acids is 1. The molecule has 0 saturated carbocycles. The zero-order valence-corrected chi connectivity index (χ0v) is 10.2. The molecule has 0 N–H and O–H groups in total. The topological polar surface area (TPSA) is 17.1 Å². The number of Topliss-reactive ketones (excluding diaryl/α,β-unsaturated/α-hetero) is 1. The molecule has 0 atom stereocenters. The van der Waals surface area contributed by atoms with Crippen LogP contribution in [-0.4, -0.2) is 5.78 Å². The van der Waals surface area contributed by atoms with E-state index in [1.807, 2.05) is 0 Å². The van der Waals surface area contributed by atoms with Crippen molar-refractivity contribution >= 4 is 29.0 Å². The Hall–Kier alpha value is -0.530. The number of halogens is 2. The lowest BCUT2D eigenvalue weighted by Gasteiger charge is -2.04. The third-order valence-electron chi connectivity index (χ3n) is 2.26. The van der Waals surface area contributed by atoms with E-state index >= 15 is 0 Å². The zero-order valence-electron chi connectivity index (χ0n) is 8.72. The lowest BCUT2D eigenvalue weighted by atomic mass is 10.0. The Labute approximate surface area is 100 Å². The van der Waals surface area contributed by atoms with Crippen LogP contribution in [0.25, 0.3) is 0 Å². The van der Waals surface area contributed by atoms with Gasteiger partial charge in [0.05, 0.1) is 10.0 Å². The van der Waals surface area contributed by atoms with Crippen LogP contribution < -0.4 is 0 Å². The number of unbranched alkanes of at least 4 members (excludes halogenated alkanes) is 2. The predicted molar refractivity (Wildman–Crippen MR) is 64.9 cm³/mol. The third-order valence-corrected chi connectivity index (χ3v) is 3.08. The van der Waals surface area contributed by atoms with Crippen molar-refractivity contribution in [3.63, 3.8) is 0 Å². The minimum Gasteiger partial charge on any atom is -0.294 e. The third kappa shape index (κ3) is 3.51. The fourth-order valence-corrected chi connectivity index (χ4v) is 1.80. The first-order chi connectivity index (χ1) is 7.16. The van der Waals surface area contributed by atoms with Gasteiger partial charge in [-0.25, -0.2) is 0 Å². The first-order valence-corrected chi connectivity index (χ1v) is 5.89. The number of benzene rings is 1. The maximum atomic E-state index is 11.7. The normalized spacial score (nSPS) is 10.3. The lowest BCUT2D eigenvalue weighted by Crippen LogP contribution is -1.99. The highest BCUT2D eigenvalue weighted by Gasteiger charge is 2.11. The van der Waals surface area contributed by atoms with E-state index in [-0.39, 0.29) is 5.78 Å². The first-order valence-electron chi connectivity index (χ1n) is 5.14. The Morgan fingerprint density at radius 3 is 2.67 bits per heavy atom. The molecule has 0 heterocycles. The summed E-state index contributed by atoms with van der Waals surface area (Å²) in [7, 11) is 0. The summed E-state index contributed by atoms with van der Waals surface area (Å²) in [5.74, 6) is 0.0796. The molecule has 1 rings (SSSR count). The van der Waals surface area contributed by atoms with Crippen LogP contribution in [-0.2, 0) is 0 Å². The minimum absolute atomic E-state index is 0.0796. The van der Waals surface area contributed by atoms with Crippen molar-refractivity contribution in [3.8, 4) is 0 Å². The highest BCUT2D eigenvalue weighted by molar-refractivity contribution is 6.43. The summed E-state index contributed by atoms with van der Waals surface area (Å²) in [6.45, 7) is 2.11. The summed E-state index contributed by atoms with van der Waals surface area (Å²) in [6.07, 6.45) is 3.65. The lowest BCUT2D eigenvalue weighted by molar-refractivity contribution is 0.0979. The Morgan fingerprint density at radius 2 is 2.00 bits per heavy atom. The van der Waals surface area contributed by atoms with Gasteiger partial charge in [0.25, 0.3) is 0 Å². The maximum absolute atomic E-state index is 11.7. The molecule has 15 heavy (non-hydrogen) atoms. The average molecular weight is 245 g/mol. The largest absolute Gasteiger partial charge is 0.294 e.